The second kappa shape index (κ2) is 3.74. The number of carbonyl (C=O) groups excluding carboxylic acids is 1. The Kier molecular flexibility index (Phi) is 2.92. The van der Waals surface area contributed by atoms with Crippen LogP contribution in [0.2, 0.25) is 0 Å². The zero-order chi connectivity index (χ0) is 8.27. The molecule has 2 atom stereocenters. The number of carbonyl (C=O) groups is 1. The smallest absolute Gasteiger partial charge is 0.216 e. The molecule has 1 N–H and O–H groups in total. The van der Waals surface area contributed by atoms with Crippen molar-refractivity contribution in [2.45, 2.75) is 33.1 Å². The summed E-state index contributed by atoms with van der Waals surface area (Å²) in [5.74, 6) is 1.64. The Morgan fingerprint density at radius 2 is 2.27 bits per heavy atom. The second-order valence-corrected chi connectivity index (χ2v) is 3.61. The van der Waals surface area contributed by atoms with E-state index in [1.54, 1.807) is 6.92 Å². The summed E-state index contributed by atoms with van der Waals surface area (Å²) in [6.45, 7) is 4.75. The standard InChI is InChI=1S/C9H17NO/c1-7-4-3-5-9(7)6-10-8(2)11/h7,9H,3-6H2,1-2H3,(H,10,11). The quantitative estimate of drug-likeness (QED) is 0.644. The molecule has 0 bridgehead atoms. The molecule has 0 aromatic rings. The molecule has 0 spiro atoms. The molecule has 1 aliphatic rings. The Balaban J connectivity index is 2.20. The Bertz CT molecular complexity index is 144. The van der Waals surface area contributed by atoms with Gasteiger partial charge in [-0.2, -0.15) is 0 Å². The van der Waals surface area contributed by atoms with Crippen LogP contribution < -0.4 is 5.32 Å². The van der Waals surface area contributed by atoms with Gasteiger partial charge in [-0.15, -0.1) is 0 Å². The van der Waals surface area contributed by atoms with Crippen molar-refractivity contribution in [3.8, 4) is 0 Å². The first-order valence-electron chi connectivity index (χ1n) is 4.44. The van der Waals surface area contributed by atoms with Gasteiger partial charge in [0.1, 0.15) is 0 Å². The molecule has 1 amide bonds. The molecule has 0 heterocycles. The molecule has 1 saturated carbocycles. The molecule has 0 radical (unpaired) electrons. The van der Waals surface area contributed by atoms with E-state index in [1.807, 2.05) is 0 Å². The van der Waals surface area contributed by atoms with Gasteiger partial charge in [-0.05, 0) is 18.3 Å². The topological polar surface area (TPSA) is 29.1 Å². The molecular weight excluding hydrogens is 138 g/mol. The van der Waals surface area contributed by atoms with Gasteiger partial charge in [0.15, 0.2) is 0 Å². The van der Waals surface area contributed by atoms with Gasteiger partial charge in [-0.25, -0.2) is 0 Å². The lowest BCUT2D eigenvalue weighted by atomic mass is 9.98. The van der Waals surface area contributed by atoms with Crippen LogP contribution in [0, 0.1) is 11.8 Å². The molecule has 11 heavy (non-hydrogen) atoms. The predicted octanol–water partition coefficient (Wildman–Crippen LogP) is 1.56. The van der Waals surface area contributed by atoms with Crippen LogP contribution in [0.4, 0.5) is 0 Å². The van der Waals surface area contributed by atoms with Gasteiger partial charge in [-0.1, -0.05) is 19.8 Å². The van der Waals surface area contributed by atoms with Crippen LogP contribution in [0.3, 0.4) is 0 Å². The molecule has 1 aliphatic carbocycles. The third kappa shape index (κ3) is 2.52. The van der Waals surface area contributed by atoms with Crippen molar-refractivity contribution in [2.75, 3.05) is 6.54 Å². The Morgan fingerprint density at radius 3 is 2.73 bits per heavy atom. The maximum absolute atomic E-state index is 10.6. The van der Waals surface area contributed by atoms with Crippen LogP contribution in [-0.4, -0.2) is 12.5 Å². The fourth-order valence-electron chi connectivity index (χ4n) is 1.80. The predicted molar refractivity (Wildman–Crippen MR) is 45.2 cm³/mol. The highest BCUT2D eigenvalue weighted by Crippen LogP contribution is 2.30. The summed E-state index contributed by atoms with van der Waals surface area (Å²) in [5, 5.41) is 2.88. The van der Waals surface area contributed by atoms with Crippen molar-refractivity contribution >= 4 is 5.91 Å². The first-order valence-corrected chi connectivity index (χ1v) is 4.44. The summed E-state index contributed by atoms with van der Waals surface area (Å²) < 4.78 is 0. The Morgan fingerprint density at radius 1 is 1.55 bits per heavy atom. The minimum atomic E-state index is 0.101. The highest BCUT2D eigenvalue weighted by Gasteiger charge is 2.22. The minimum Gasteiger partial charge on any atom is -0.356 e. The summed E-state index contributed by atoms with van der Waals surface area (Å²) >= 11 is 0. The summed E-state index contributed by atoms with van der Waals surface area (Å²) in [6, 6.07) is 0. The van der Waals surface area contributed by atoms with Gasteiger partial charge in [0.05, 0.1) is 0 Å². The number of hydrogen-bond donors (Lipinski definition) is 1. The fraction of sp³-hybridized carbons (Fsp3) is 0.889. The Labute approximate surface area is 68.4 Å². The molecule has 64 valence electrons. The van der Waals surface area contributed by atoms with E-state index in [9.17, 15) is 4.79 Å². The normalized spacial score (nSPS) is 30.4. The van der Waals surface area contributed by atoms with Crippen molar-refractivity contribution in [2.24, 2.45) is 11.8 Å². The van der Waals surface area contributed by atoms with Crippen LogP contribution >= 0.6 is 0 Å². The van der Waals surface area contributed by atoms with Gasteiger partial charge in [0, 0.05) is 13.5 Å². The van der Waals surface area contributed by atoms with Gasteiger partial charge in [0.25, 0.3) is 0 Å². The lowest BCUT2D eigenvalue weighted by Crippen LogP contribution is -2.27. The maximum Gasteiger partial charge on any atom is 0.216 e. The van der Waals surface area contributed by atoms with E-state index < -0.39 is 0 Å². The van der Waals surface area contributed by atoms with Crippen molar-refractivity contribution in [1.29, 1.82) is 0 Å². The van der Waals surface area contributed by atoms with Gasteiger partial charge in [0.2, 0.25) is 5.91 Å². The molecule has 2 heteroatoms. The monoisotopic (exact) mass is 155 g/mol. The van der Waals surface area contributed by atoms with E-state index >= 15 is 0 Å². The number of hydrogen-bond acceptors (Lipinski definition) is 1. The highest BCUT2D eigenvalue weighted by molar-refractivity contribution is 5.72. The lowest BCUT2D eigenvalue weighted by Gasteiger charge is -2.14. The zero-order valence-corrected chi connectivity index (χ0v) is 7.39. The number of nitrogens with one attached hydrogen (secondary N) is 1. The molecule has 2 unspecified atom stereocenters. The Hall–Kier alpha value is -0.530. The second-order valence-electron chi connectivity index (χ2n) is 3.61. The summed E-state index contributed by atoms with van der Waals surface area (Å²) in [6.07, 6.45) is 3.97. The average Bonchev–Trinajstić information content (AvgIpc) is 2.31. The maximum atomic E-state index is 10.6. The van der Waals surface area contributed by atoms with E-state index in [1.165, 1.54) is 19.3 Å². The molecule has 1 rings (SSSR count). The van der Waals surface area contributed by atoms with E-state index in [-0.39, 0.29) is 5.91 Å². The number of amides is 1. The first-order chi connectivity index (χ1) is 5.20. The van der Waals surface area contributed by atoms with E-state index in [0.29, 0.717) is 0 Å². The van der Waals surface area contributed by atoms with Crippen molar-refractivity contribution < 1.29 is 4.79 Å². The molecule has 0 aromatic heterocycles. The molecular formula is C9H17NO. The van der Waals surface area contributed by atoms with Crippen LogP contribution in [0.15, 0.2) is 0 Å². The molecule has 1 fully saturated rings. The van der Waals surface area contributed by atoms with Crippen LogP contribution in [-0.2, 0) is 4.79 Å². The fourth-order valence-corrected chi connectivity index (χ4v) is 1.80. The third-order valence-corrected chi connectivity index (χ3v) is 2.65. The van der Waals surface area contributed by atoms with Crippen LogP contribution in [0.5, 0.6) is 0 Å². The largest absolute Gasteiger partial charge is 0.356 e. The third-order valence-electron chi connectivity index (χ3n) is 2.65. The van der Waals surface area contributed by atoms with Crippen LogP contribution in [0.1, 0.15) is 33.1 Å². The van der Waals surface area contributed by atoms with Crippen molar-refractivity contribution in [3.63, 3.8) is 0 Å². The van der Waals surface area contributed by atoms with Gasteiger partial charge < -0.3 is 5.32 Å². The summed E-state index contributed by atoms with van der Waals surface area (Å²) in [7, 11) is 0. The molecule has 2 nitrogen and oxygen atoms in total. The van der Waals surface area contributed by atoms with Crippen molar-refractivity contribution in [3.05, 3.63) is 0 Å². The SMILES string of the molecule is CC(=O)NCC1CCCC1C. The van der Waals surface area contributed by atoms with E-state index in [4.69, 9.17) is 0 Å². The number of rotatable bonds is 2. The highest BCUT2D eigenvalue weighted by atomic mass is 16.1. The molecule has 0 aliphatic heterocycles. The van der Waals surface area contributed by atoms with E-state index in [2.05, 4.69) is 12.2 Å². The zero-order valence-electron chi connectivity index (χ0n) is 7.39. The van der Waals surface area contributed by atoms with E-state index in [0.717, 1.165) is 18.4 Å². The summed E-state index contributed by atoms with van der Waals surface area (Å²) in [4.78, 5) is 10.6. The minimum absolute atomic E-state index is 0.101. The van der Waals surface area contributed by atoms with Crippen LogP contribution in [0.25, 0.3) is 0 Å². The summed E-state index contributed by atoms with van der Waals surface area (Å²) in [5.41, 5.74) is 0. The van der Waals surface area contributed by atoms with Crippen molar-refractivity contribution in [1.82, 2.24) is 5.32 Å². The van der Waals surface area contributed by atoms with Gasteiger partial charge in [-0.3, -0.25) is 4.79 Å². The van der Waals surface area contributed by atoms with Gasteiger partial charge >= 0.3 is 0 Å². The molecule has 0 saturated heterocycles. The first kappa shape index (κ1) is 8.57. The lowest BCUT2D eigenvalue weighted by molar-refractivity contribution is -0.119. The average molecular weight is 155 g/mol. The molecule has 0 aromatic carbocycles.